The lowest BCUT2D eigenvalue weighted by atomic mass is 9.73. The largest absolute Gasteiger partial charge is 0.481 e. The van der Waals surface area contributed by atoms with Crippen molar-refractivity contribution in [3.63, 3.8) is 0 Å². The Morgan fingerprint density at radius 2 is 1.92 bits per heavy atom. The van der Waals surface area contributed by atoms with Crippen molar-refractivity contribution >= 4 is 29.4 Å². The zero-order valence-electron chi connectivity index (χ0n) is 27.7. The third-order valence-electron chi connectivity index (χ3n) is 9.35. The van der Waals surface area contributed by atoms with Crippen LogP contribution < -0.4 is 20.1 Å². The molecule has 4 aromatic rings. The molecule has 2 aliphatic rings. The molecule has 1 aliphatic carbocycles. The number of aromatic nitrogens is 1. The highest BCUT2D eigenvalue weighted by atomic mass is 32.1. The van der Waals surface area contributed by atoms with Crippen molar-refractivity contribution in [3.8, 4) is 11.5 Å². The number of hydrogen-bond donors (Lipinski definition) is 4. The first kappa shape index (κ1) is 34.8. The molecule has 1 unspecified atom stereocenters. The first-order valence-electron chi connectivity index (χ1n) is 16.9. The van der Waals surface area contributed by atoms with Crippen LogP contribution in [0.4, 0.5) is 5.69 Å². The molecular weight excluding hydrogens is 644 g/mol. The van der Waals surface area contributed by atoms with Crippen LogP contribution in [0.1, 0.15) is 70.7 Å². The number of benzene rings is 2. The Hall–Kier alpha value is -4.07. The number of fused-ring (bicyclic) bond motifs is 1. The predicted molar refractivity (Wildman–Crippen MR) is 186 cm³/mol. The molecule has 1 saturated carbocycles. The van der Waals surface area contributed by atoms with Crippen LogP contribution in [-0.4, -0.2) is 65.8 Å². The Morgan fingerprint density at radius 3 is 2.71 bits per heavy atom. The Balaban J connectivity index is 0.970. The van der Waals surface area contributed by atoms with Crippen LogP contribution in [0.5, 0.6) is 11.5 Å². The van der Waals surface area contributed by atoms with E-state index in [0.29, 0.717) is 30.2 Å². The summed E-state index contributed by atoms with van der Waals surface area (Å²) in [6.07, 6.45) is 7.72. The summed E-state index contributed by atoms with van der Waals surface area (Å²) in [5, 5.41) is 28.9. The molecule has 4 N–H and O–H groups in total. The van der Waals surface area contributed by atoms with E-state index in [1.165, 1.54) is 22.2 Å². The third kappa shape index (κ3) is 8.22. The number of nitrogens with one attached hydrogen (secondary N) is 2. The number of thiophene rings is 1. The van der Waals surface area contributed by atoms with Crippen LogP contribution in [-0.2, 0) is 34.6 Å². The minimum Gasteiger partial charge on any atom is -0.481 e. The molecule has 1 aliphatic heterocycles. The van der Waals surface area contributed by atoms with Gasteiger partial charge in [-0.2, -0.15) is 0 Å². The Bertz CT molecular complexity index is 1700. The van der Waals surface area contributed by atoms with Crippen LogP contribution in [0.2, 0.25) is 0 Å². The molecule has 0 bridgehead atoms. The lowest BCUT2D eigenvalue weighted by molar-refractivity contribution is -0.121. The molecule has 2 atom stereocenters. The number of aliphatic hydroxyl groups excluding tert-OH is 1. The molecule has 0 spiro atoms. The first-order valence-corrected chi connectivity index (χ1v) is 17.7. The average Bonchev–Trinajstić information content (AvgIpc) is 3.80. The minimum atomic E-state index is -1.22. The Kier molecular flexibility index (Phi) is 11.4. The molecule has 0 saturated heterocycles. The Morgan fingerprint density at radius 1 is 1.12 bits per heavy atom. The maximum atomic E-state index is 12.1. The van der Waals surface area contributed by atoms with Gasteiger partial charge in [0, 0.05) is 53.8 Å². The van der Waals surface area contributed by atoms with E-state index in [1.807, 2.05) is 30.3 Å². The molecule has 0 radical (unpaired) electrons. The highest BCUT2D eigenvalue weighted by Gasteiger charge is 2.44. The van der Waals surface area contributed by atoms with Crippen molar-refractivity contribution in [3.05, 3.63) is 93.3 Å². The van der Waals surface area contributed by atoms with Gasteiger partial charge >= 0.3 is 0 Å². The number of aliphatic hydroxyl groups is 2. The highest BCUT2D eigenvalue weighted by Crippen LogP contribution is 2.44. The van der Waals surface area contributed by atoms with E-state index in [9.17, 15) is 19.8 Å². The fourth-order valence-electron chi connectivity index (χ4n) is 6.77. The van der Waals surface area contributed by atoms with Crippen LogP contribution in [0.15, 0.2) is 65.2 Å². The third-order valence-corrected chi connectivity index (χ3v) is 10.5. The van der Waals surface area contributed by atoms with Crippen molar-refractivity contribution < 1.29 is 33.7 Å². The summed E-state index contributed by atoms with van der Waals surface area (Å²) >= 11 is 1.77. The topological polar surface area (TPSA) is 146 Å². The zero-order chi connectivity index (χ0) is 34.2. The summed E-state index contributed by atoms with van der Waals surface area (Å²) in [6, 6.07) is 17.3. The number of likely N-dealkylation sites (N-methyl/N-ethyl adjacent to an activating group) is 1. The lowest BCUT2D eigenvalue weighted by Crippen LogP contribution is -2.38. The van der Waals surface area contributed by atoms with Gasteiger partial charge in [0.25, 0.3) is 12.4 Å². The number of hydrogen-bond acceptors (Lipinski definition) is 11. The molecular formula is C37H44N4O7S. The Labute approximate surface area is 290 Å². The van der Waals surface area contributed by atoms with Crippen LogP contribution >= 0.6 is 11.3 Å². The summed E-state index contributed by atoms with van der Waals surface area (Å²) in [7, 11) is 2.09. The maximum Gasteiger partial charge on any atom is 0.298 e. The van der Waals surface area contributed by atoms with Crippen LogP contribution in [0.25, 0.3) is 0 Å². The quantitative estimate of drug-likeness (QED) is 0.0942. The average molecular weight is 689 g/mol. The zero-order valence-corrected chi connectivity index (χ0v) is 28.5. The monoisotopic (exact) mass is 688 g/mol. The second-order valence-electron chi connectivity index (χ2n) is 12.8. The number of carbonyl (C=O) groups is 2. The van der Waals surface area contributed by atoms with E-state index in [1.54, 1.807) is 23.6 Å². The van der Waals surface area contributed by atoms with Crippen molar-refractivity contribution in [2.24, 2.45) is 5.92 Å². The van der Waals surface area contributed by atoms with E-state index in [0.717, 1.165) is 56.5 Å². The molecule has 49 heavy (non-hydrogen) atoms. The summed E-state index contributed by atoms with van der Waals surface area (Å²) in [5.41, 5.74) is 0.359. The lowest BCUT2D eigenvalue weighted by Gasteiger charge is -2.36. The minimum absolute atomic E-state index is 0.0828. The van der Waals surface area contributed by atoms with Crippen molar-refractivity contribution in [2.45, 2.75) is 63.2 Å². The number of anilines is 1. The molecule has 2 aromatic heterocycles. The van der Waals surface area contributed by atoms with E-state index in [4.69, 9.17) is 13.9 Å². The van der Waals surface area contributed by atoms with Gasteiger partial charge in [-0.25, -0.2) is 4.98 Å². The summed E-state index contributed by atoms with van der Waals surface area (Å²) in [4.78, 5) is 32.0. The van der Waals surface area contributed by atoms with E-state index in [2.05, 4.69) is 39.7 Å². The van der Waals surface area contributed by atoms with Crippen LogP contribution in [0, 0.1) is 5.92 Å². The summed E-state index contributed by atoms with van der Waals surface area (Å²) in [6.45, 7) is 2.64. The fourth-order valence-corrected chi connectivity index (χ4v) is 7.87. The van der Waals surface area contributed by atoms with Gasteiger partial charge in [-0.05, 0) is 56.1 Å². The van der Waals surface area contributed by atoms with Crippen molar-refractivity contribution in [1.29, 1.82) is 0 Å². The normalized spacial score (nSPS) is 16.8. The number of oxazole rings is 1. The molecule has 1 fully saturated rings. The molecule has 1 amide bonds. The van der Waals surface area contributed by atoms with Gasteiger partial charge < -0.3 is 39.6 Å². The van der Waals surface area contributed by atoms with Gasteiger partial charge in [-0.15, -0.1) is 11.3 Å². The van der Waals surface area contributed by atoms with Crippen molar-refractivity contribution in [2.75, 3.05) is 38.6 Å². The summed E-state index contributed by atoms with van der Waals surface area (Å²) < 4.78 is 16.8. The van der Waals surface area contributed by atoms with E-state index >= 15 is 0 Å². The first-order chi connectivity index (χ1) is 23.8. The van der Waals surface area contributed by atoms with Gasteiger partial charge in [-0.1, -0.05) is 49.6 Å². The smallest absolute Gasteiger partial charge is 0.298 e. The molecule has 6 rings (SSSR count). The fraction of sp³-hybridized carbons (Fsp3) is 0.432. The maximum absolute atomic E-state index is 12.1. The van der Waals surface area contributed by atoms with Gasteiger partial charge in [0.2, 0.25) is 5.89 Å². The molecule has 11 nitrogen and oxygen atoms in total. The second-order valence-corrected chi connectivity index (χ2v) is 14.1. The SMILES string of the molecule is CN(CCc1cnc([C@](O)(c2ccccc2)C2CCCCC2)o1)Cc1ccc(CCNCC(O)c2ccc(OC=O)c3c2OCC(=O)N3)s1. The predicted octanol–water partition coefficient (Wildman–Crippen LogP) is 4.96. The van der Waals surface area contributed by atoms with Gasteiger partial charge in [0.1, 0.15) is 11.4 Å². The van der Waals surface area contributed by atoms with Gasteiger partial charge in [0.05, 0.1) is 12.3 Å². The van der Waals surface area contributed by atoms with Crippen molar-refractivity contribution in [1.82, 2.24) is 15.2 Å². The van der Waals surface area contributed by atoms with E-state index < -0.39 is 11.7 Å². The van der Waals surface area contributed by atoms with Gasteiger partial charge in [0.15, 0.2) is 23.7 Å². The number of carbonyl (C=O) groups excluding carboxylic acids is 2. The number of rotatable bonds is 16. The molecule has 3 heterocycles. The van der Waals surface area contributed by atoms with Gasteiger partial charge in [-0.3, -0.25) is 9.59 Å². The number of ether oxygens (including phenoxy) is 2. The molecule has 2 aromatic carbocycles. The van der Waals surface area contributed by atoms with Crippen LogP contribution in [0.3, 0.4) is 0 Å². The molecule has 12 heteroatoms. The number of nitrogens with zero attached hydrogens (tertiary/aromatic N) is 2. The summed E-state index contributed by atoms with van der Waals surface area (Å²) in [5.74, 6) is 1.36. The standard InChI is InChI=1S/C37H44N4O7S/c1-41(19-17-27-20-39-36(48-27)37(45,25-8-4-2-5-9-25)26-10-6-3-7-11-26)22-29-13-12-28(49-29)16-18-38-21-31(43)30-14-15-32(47-24-42)34-35(30)46-23-33(44)40-34/h2,4-5,8-9,12-15,20,24,26,31,38,43,45H,3,6-7,10-11,16-19,21-23H2,1H3,(H,40,44)/t31?,37-/m0/s1. The highest BCUT2D eigenvalue weighted by molar-refractivity contribution is 7.11. The second kappa shape index (κ2) is 16.1. The van der Waals surface area contributed by atoms with E-state index in [-0.39, 0.29) is 42.9 Å². The molecule has 260 valence electrons. The number of amides is 1.